The van der Waals surface area contributed by atoms with E-state index in [4.69, 9.17) is 27.9 Å². The quantitative estimate of drug-likeness (QED) is 0.329. The monoisotopic (exact) mass is 499 g/mol. The minimum absolute atomic E-state index is 0.0961. The summed E-state index contributed by atoms with van der Waals surface area (Å²) >= 11 is 12.2. The SMILES string of the molecule is Cn1c(=O)n(C)c2cc([C@H](O)COc3ccc(CNCCc4ccc(Cl)cc4Cl)cc3)ccc21. The smallest absolute Gasteiger partial charge is 0.328 e. The van der Waals surface area contributed by atoms with Crippen LogP contribution in [0.2, 0.25) is 10.0 Å². The van der Waals surface area contributed by atoms with Gasteiger partial charge in [-0.25, -0.2) is 4.79 Å². The van der Waals surface area contributed by atoms with Gasteiger partial charge in [0.05, 0.1) is 11.0 Å². The first-order valence-electron chi connectivity index (χ1n) is 11.0. The molecule has 34 heavy (non-hydrogen) atoms. The zero-order valence-electron chi connectivity index (χ0n) is 19.1. The summed E-state index contributed by atoms with van der Waals surface area (Å²) in [6.07, 6.45) is 0.0126. The molecule has 1 aromatic heterocycles. The number of rotatable bonds is 9. The fourth-order valence-corrected chi connectivity index (χ4v) is 4.39. The van der Waals surface area contributed by atoms with E-state index in [0.29, 0.717) is 21.4 Å². The fraction of sp³-hybridized carbons (Fsp3) is 0.269. The van der Waals surface area contributed by atoms with Crippen LogP contribution in [0.5, 0.6) is 5.75 Å². The molecule has 0 fully saturated rings. The molecule has 0 amide bonds. The Labute approximate surface area is 208 Å². The summed E-state index contributed by atoms with van der Waals surface area (Å²) in [5.74, 6) is 0.684. The fourth-order valence-electron chi connectivity index (χ4n) is 3.89. The van der Waals surface area contributed by atoms with Gasteiger partial charge in [-0.15, -0.1) is 0 Å². The van der Waals surface area contributed by atoms with Crippen molar-refractivity contribution in [3.05, 3.63) is 97.9 Å². The van der Waals surface area contributed by atoms with E-state index < -0.39 is 6.10 Å². The summed E-state index contributed by atoms with van der Waals surface area (Å²) in [5.41, 5.74) is 4.40. The van der Waals surface area contributed by atoms with Crippen molar-refractivity contribution < 1.29 is 9.84 Å². The molecule has 8 heteroatoms. The van der Waals surface area contributed by atoms with Gasteiger partial charge in [-0.2, -0.15) is 0 Å². The van der Waals surface area contributed by atoms with E-state index in [1.807, 2.05) is 54.6 Å². The number of halogens is 2. The van der Waals surface area contributed by atoms with E-state index in [0.717, 1.165) is 41.7 Å². The molecule has 0 saturated heterocycles. The second-order valence-corrected chi connectivity index (χ2v) is 9.13. The summed E-state index contributed by atoms with van der Waals surface area (Å²) in [5, 5.41) is 15.3. The summed E-state index contributed by atoms with van der Waals surface area (Å²) in [6.45, 7) is 1.64. The van der Waals surface area contributed by atoms with Gasteiger partial charge in [-0.05, 0) is 66.1 Å². The largest absolute Gasteiger partial charge is 0.491 e. The van der Waals surface area contributed by atoms with Crippen molar-refractivity contribution in [2.45, 2.75) is 19.1 Å². The maximum absolute atomic E-state index is 12.1. The minimum atomic E-state index is -0.805. The Balaban J connectivity index is 1.27. The normalized spacial score (nSPS) is 12.3. The lowest BCUT2D eigenvalue weighted by Crippen LogP contribution is -2.19. The summed E-state index contributed by atoms with van der Waals surface area (Å²) in [6, 6.07) is 18.8. The highest BCUT2D eigenvalue weighted by molar-refractivity contribution is 6.35. The van der Waals surface area contributed by atoms with E-state index >= 15 is 0 Å². The van der Waals surface area contributed by atoms with Crippen molar-refractivity contribution >= 4 is 34.2 Å². The van der Waals surface area contributed by atoms with E-state index in [1.54, 1.807) is 29.3 Å². The number of ether oxygens (including phenoxy) is 1. The maximum Gasteiger partial charge on any atom is 0.328 e. The topological polar surface area (TPSA) is 68.4 Å². The van der Waals surface area contributed by atoms with Crippen LogP contribution in [-0.2, 0) is 27.1 Å². The molecule has 6 nitrogen and oxygen atoms in total. The van der Waals surface area contributed by atoms with Crippen molar-refractivity contribution in [2.75, 3.05) is 13.2 Å². The number of aryl methyl sites for hydroxylation is 2. The molecule has 0 bridgehead atoms. The maximum atomic E-state index is 12.1. The second-order valence-electron chi connectivity index (χ2n) is 8.28. The lowest BCUT2D eigenvalue weighted by Gasteiger charge is -2.14. The van der Waals surface area contributed by atoms with Gasteiger partial charge in [0.15, 0.2) is 0 Å². The molecule has 1 heterocycles. The van der Waals surface area contributed by atoms with Crippen molar-refractivity contribution in [3.8, 4) is 5.75 Å². The van der Waals surface area contributed by atoms with Crippen molar-refractivity contribution in [1.82, 2.24) is 14.5 Å². The van der Waals surface area contributed by atoms with Crippen LogP contribution in [0.1, 0.15) is 22.8 Å². The Bertz CT molecular complexity index is 1350. The van der Waals surface area contributed by atoms with Crippen LogP contribution in [0.25, 0.3) is 11.0 Å². The average Bonchev–Trinajstić information content (AvgIpc) is 3.05. The summed E-state index contributed by atoms with van der Waals surface area (Å²) in [7, 11) is 3.46. The van der Waals surface area contributed by atoms with E-state index in [-0.39, 0.29) is 12.3 Å². The Morgan fingerprint density at radius 3 is 2.44 bits per heavy atom. The van der Waals surface area contributed by atoms with Crippen LogP contribution >= 0.6 is 23.2 Å². The van der Waals surface area contributed by atoms with Gasteiger partial charge in [-0.3, -0.25) is 9.13 Å². The first kappa shape index (κ1) is 24.4. The Kier molecular flexibility index (Phi) is 7.63. The molecule has 0 radical (unpaired) electrons. The number of imidazole rings is 1. The molecule has 0 aliphatic rings. The average molecular weight is 500 g/mol. The Morgan fingerprint density at radius 1 is 0.971 bits per heavy atom. The van der Waals surface area contributed by atoms with Crippen LogP contribution in [0.3, 0.4) is 0 Å². The molecule has 4 rings (SSSR count). The van der Waals surface area contributed by atoms with Crippen molar-refractivity contribution in [3.63, 3.8) is 0 Å². The van der Waals surface area contributed by atoms with Crippen LogP contribution in [0, 0.1) is 0 Å². The van der Waals surface area contributed by atoms with Gasteiger partial charge >= 0.3 is 5.69 Å². The lowest BCUT2D eigenvalue weighted by atomic mass is 10.1. The van der Waals surface area contributed by atoms with E-state index in [9.17, 15) is 9.90 Å². The number of aromatic nitrogens is 2. The first-order chi connectivity index (χ1) is 16.3. The third kappa shape index (κ3) is 5.47. The predicted octanol–water partition coefficient (Wildman–Crippen LogP) is 4.63. The molecule has 0 spiro atoms. The predicted molar refractivity (Wildman–Crippen MR) is 137 cm³/mol. The summed E-state index contributed by atoms with van der Waals surface area (Å²) in [4.78, 5) is 12.1. The van der Waals surface area contributed by atoms with Crippen LogP contribution < -0.4 is 15.7 Å². The first-order valence-corrected chi connectivity index (χ1v) is 11.8. The standard InChI is InChI=1S/C26H27Cl2N3O3/c1-30-23-10-6-19(13-24(23)31(2)26(30)33)25(32)16-34-21-8-3-17(4-9-21)15-29-12-11-18-5-7-20(27)14-22(18)28/h3-10,13-14,25,29,32H,11-12,15-16H2,1-2H3/t25-/m1/s1. The van der Waals surface area contributed by atoms with Gasteiger partial charge in [0.25, 0.3) is 0 Å². The number of aliphatic hydroxyl groups excluding tert-OH is 1. The highest BCUT2D eigenvalue weighted by Gasteiger charge is 2.13. The third-order valence-corrected chi connectivity index (χ3v) is 6.51. The molecule has 0 saturated carbocycles. The number of hydrogen-bond donors (Lipinski definition) is 2. The Morgan fingerprint density at radius 2 is 1.71 bits per heavy atom. The highest BCUT2D eigenvalue weighted by atomic mass is 35.5. The zero-order valence-corrected chi connectivity index (χ0v) is 20.6. The molecule has 4 aromatic rings. The number of benzene rings is 3. The molecular formula is C26H27Cl2N3O3. The molecular weight excluding hydrogens is 473 g/mol. The summed E-state index contributed by atoms with van der Waals surface area (Å²) < 4.78 is 8.95. The molecule has 178 valence electrons. The molecule has 0 aliphatic carbocycles. The van der Waals surface area contributed by atoms with E-state index in [1.165, 1.54) is 0 Å². The zero-order chi connectivity index (χ0) is 24.2. The Hall–Kier alpha value is -2.77. The van der Waals surface area contributed by atoms with Gasteiger partial charge in [0, 0.05) is 30.7 Å². The number of aliphatic hydroxyl groups is 1. The van der Waals surface area contributed by atoms with Gasteiger partial charge in [0.2, 0.25) is 0 Å². The highest BCUT2D eigenvalue weighted by Crippen LogP contribution is 2.22. The van der Waals surface area contributed by atoms with Crippen molar-refractivity contribution in [2.24, 2.45) is 14.1 Å². The number of nitrogens with one attached hydrogen (secondary N) is 1. The van der Waals surface area contributed by atoms with Crippen LogP contribution in [0.4, 0.5) is 0 Å². The number of fused-ring (bicyclic) bond motifs is 1. The third-order valence-electron chi connectivity index (χ3n) is 5.93. The molecule has 0 unspecified atom stereocenters. The molecule has 0 aliphatic heterocycles. The second kappa shape index (κ2) is 10.7. The number of nitrogens with zero attached hydrogens (tertiary/aromatic N) is 2. The number of hydrogen-bond acceptors (Lipinski definition) is 4. The molecule has 1 atom stereocenters. The lowest BCUT2D eigenvalue weighted by molar-refractivity contribution is 0.108. The molecule has 3 aromatic carbocycles. The van der Waals surface area contributed by atoms with Gasteiger partial charge < -0.3 is 15.2 Å². The van der Waals surface area contributed by atoms with Crippen LogP contribution in [-0.4, -0.2) is 27.4 Å². The molecule has 2 N–H and O–H groups in total. The van der Waals surface area contributed by atoms with Crippen molar-refractivity contribution in [1.29, 1.82) is 0 Å². The van der Waals surface area contributed by atoms with Gasteiger partial charge in [0.1, 0.15) is 18.5 Å². The van der Waals surface area contributed by atoms with E-state index in [2.05, 4.69) is 5.32 Å². The van der Waals surface area contributed by atoms with Gasteiger partial charge in [-0.1, -0.05) is 47.5 Å². The minimum Gasteiger partial charge on any atom is -0.491 e. The van der Waals surface area contributed by atoms with Crippen LogP contribution in [0.15, 0.2) is 65.5 Å².